The average Bonchev–Trinajstić information content (AvgIpc) is 2.50. The molecule has 4 heteroatoms. The van der Waals surface area contributed by atoms with E-state index in [2.05, 4.69) is 17.9 Å². The standard InChI is InChI=1S/C18H34O4/c1-2-3-11-14-17(22-21)15-12-9-7-5-4-6-8-10-13-16-18(19)20/h12,15,17,21H,2-11,13-14,16H2,1H3,(H,19,20)/b15-12+/t17-/m1/s1. The third kappa shape index (κ3) is 15.5. The lowest BCUT2D eigenvalue weighted by Gasteiger charge is -2.07. The first-order valence-electron chi connectivity index (χ1n) is 8.89. The fraction of sp³-hybridized carbons (Fsp3) is 0.833. The van der Waals surface area contributed by atoms with Crippen molar-refractivity contribution in [2.45, 2.75) is 96.5 Å². The largest absolute Gasteiger partial charge is 0.481 e. The molecule has 0 saturated carbocycles. The zero-order chi connectivity index (χ0) is 16.5. The molecule has 1 atom stereocenters. The van der Waals surface area contributed by atoms with E-state index < -0.39 is 5.97 Å². The molecule has 0 bridgehead atoms. The highest BCUT2D eigenvalue weighted by Gasteiger charge is 2.03. The van der Waals surface area contributed by atoms with Crippen LogP contribution in [0, 0.1) is 0 Å². The Labute approximate surface area is 135 Å². The van der Waals surface area contributed by atoms with Gasteiger partial charge in [-0.25, -0.2) is 4.89 Å². The van der Waals surface area contributed by atoms with Crippen molar-refractivity contribution >= 4 is 5.97 Å². The highest BCUT2D eigenvalue weighted by atomic mass is 17.1. The molecule has 2 N–H and O–H groups in total. The summed E-state index contributed by atoms with van der Waals surface area (Å²) in [7, 11) is 0. The minimum absolute atomic E-state index is 0.152. The molecule has 0 saturated heterocycles. The molecule has 0 heterocycles. The number of aliphatic carboxylic acids is 1. The molecular formula is C18H34O4. The SMILES string of the molecule is CCCCC[C@H](/C=C/CCCCCCCCCC(=O)O)OO. The summed E-state index contributed by atoms with van der Waals surface area (Å²) in [5.74, 6) is -0.688. The van der Waals surface area contributed by atoms with Gasteiger partial charge in [0.15, 0.2) is 0 Å². The van der Waals surface area contributed by atoms with E-state index in [9.17, 15) is 4.79 Å². The number of hydrogen-bond donors (Lipinski definition) is 2. The molecule has 0 aliphatic rings. The molecule has 4 nitrogen and oxygen atoms in total. The maximum Gasteiger partial charge on any atom is 0.303 e. The number of carboxylic acid groups (broad SMARTS) is 1. The minimum Gasteiger partial charge on any atom is -0.481 e. The third-order valence-corrected chi connectivity index (χ3v) is 3.84. The Kier molecular flexibility index (Phi) is 15.8. The molecule has 0 aliphatic carbocycles. The van der Waals surface area contributed by atoms with Crippen molar-refractivity contribution in [3.63, 3.8) is 0 Å². The number of rotatable bonds is 16. The van der Waals surface area contributed by atoms with Gasteiger partial charge in [0.2, 0.25) is 0 Å². The van der Waals surface area contributed by atoms with Crippen LogP contribution in [0.15, 0.2) is 12.2 Å². The predicted molar refractivity (Wildman–Crippen MR) is 90.0 cm³/mol. The zero-order valence-corrected chi connectivity index (χ0v) is 14.1. The first-order valence-corrected chi connectivity index (χ1v) is 8.89. The maximum atomic E-state index is 10.3. The van der Waals surface area contributed by atoms with E-state index in [0.29, 0.717) is 6.42 Å². The third-order valence-electron chi connectivity index (χ3n) is 3.84. The Morgan fingerprint density at radius 2 is 1.64 bits per heavy atom. The van der Waals surface area contributed by atoms with Crippen molar-refractivity contribution in [3.8, 4) is 0 Å². The average molecular weight is 314 g/mol. The fourth-order valence-corrected chi connectivity index (χ4v) is 2.45. The normalized spacial score (nSPS) is 12.8. The van der Waals surface area contributed by atoms with Gasteiger partial charge >= 0.3 is 5.97 Å². The quantitative estimate of drug-likeness (QED) is 0.169. The second kappa shape index (κ2) is 16.5. The highest BCUT2D eigenvalue weighted by Crippen LogP contribution is 2.11. The number of hydrogen-bond acceptors (Lipinski definition) is 3. The summed E-state index contributed by atoms with van der Waals surface area (Å²) in [5.41, 5.74) is 0. The van der Waals surface area contributed by atoms with Crippen LogP contribution in [-0.2, 0) is 9.68 Å². The molecule has 130 valence electrons. The Morgan fingerprint density at radius 3 is 2.23 bits per heavy atom. The molecule has 0 aliphatic heterocycles. The molecule has 22 heavy (non-hydrogen) atoms. The molecule has 0 spiro atoms. The van der Waals surface area contributed by atoms with Crippen LogP contribution in [0.25, 0.3) is 0 Å². The second-order valence-corrected chi connectivity index (χ2v) is 5.98. The zero-order valence-electron chi connectivity index (χ0n) is 14.1. The van der Waals surface area contributed by atoms with Crippen molar-refractivity contribution in [1.82, 2.24) is 0 Å². The van der Waals surface area contributed by atoms with Crippen LogP contribution in [0.2, 0.25) is 0 Å². The van der Waals surface area contributed by atoms with E-state index >= 15 is 0 Å². The van der Waals surface area contributed by atoms with Crippen LogP contribution in [0.5, 0.6) is 0 Å². The van der Waals surface area contributed by atoms with Crippen LogP contribution in [-0.4, -0.2) is 22.4 Å². The van der Waals surface area contributed by atoms with Gasteiger partial charge in [0.25, 0.3) is 0 Å². The van der Waals surface area contributed by atoms with Gasteiger partial charge in [-0.3, -0.25) is 10.1 Å². The summed E-state index contributed by atoms with van der Waals surface area (Å²) < 4.78 is 0. The molecule has 0 aromatic rings. The number of carbonyl (C=O) groups is 1. The molecular weight excluding hydrogens is 280 g/mol. The topological polar surface area (TPSA) is 66.8 Å². The van der Waals surface area contributed by atoms with Crippen LogP contribution in [0.4, 0.5) is 0 Å². The summed E-state index contributed by atoms with van der Waals surface area (Å²) in [6, 6.07) is 0. The van der Waals surface area contributed by atoms with Crippen LogP contribution >= 0.6 is 0 Å². The van der Waals surface area contributed by atoms with Crippen molar-refractivity contribution in [2.75, 3.05) is 0 Å². The highest BCUT2D eigenvalue weighted by molar-refractivity contribution is 5.66. The fourth-order valence-electron chi connectivity index (χ4n) is 2.45. The van der Waals surface area contributed by atoms with E-state index in [4.69, 9.17) is 10.4 Å². The summed E-state index contributed by atoms with van der Waals surface area (Å²) in [4.78, 5) is 14.8. The van der Waals surface area contributed by atoms with Crippen LogP contribution in [0.1, 0.15) is 90.4 Å². The van der Waals surface area contributed by atoms with Gasteiger partial charge in [-0.1, -0.05) is 70.4 Å². The van der Waals surface area contributed by atoms with Gasteiger partial charge < -0.3 is 5.11 Å². The van der Waals surface area contributed by atoms with E-state index in [1.54, 1.807) is 0 Å². The van der Waals surface area contributed by atoms with Gasteiger partial charge in [0.05, 0.1) is 0 Å². The van der Waals surface area contributed by atoms with Crippen molar-refractivity contribution in [3.05, 3.63) is 12.2 Å². The molecule has 0 fully saturated rings. The summed E-state index contributed by atoms with van der Waals surface area (Å²) >= 11 is 0. The molecule has 0 amide bonds. The first-order chi connectivity index (χ1) is 10.7. The number of allylic oxidation sites excluding steroid dienone is 1. The first kappa shape index (κ1) is 21.1. The Bertz CT molecular complexity index is 276. The summed E-state index contributed by atoms with van der Waals surface area (Å²) in [5, 5.41) is 17.3. The van der Waals surface area contributed by atoms with Crippen LogP contribution in [0.3, 0.4) is 0 Å². The van der Waals surface area contributed by atoms with Crippen molar-refractivity contribution in [2.24, 2.45) is 0 Å². The Morgan fingerprint density at radius 1 is 1.00 bits per heavy atom. The van der Waals surface area contributed by atoms with E-state index in [-0.39, 0.29) is 6.10 Å². The number of unbranched alkanes of at least 4 members (excludes halogenated alkanes) is 9. The molecule has 0 unspecified atom stereocenters. The molecule has 0 aromatic carbocycles. The van der Waals surface area contributed by atoms with E-state index in [1.807, 2.05) is 6.08 Å². The van der Waals surface area contributed by atoms with Gasteiger partial charge in [-0.15, -0.1) is 0 Å². The Balaban J connectivity index is 3.36. The Hall–Kier alpha value is -0.870. The lowest BCUT2D eigenvalue weighted by Crippen LogP contribution is -2.06. The van der Waals surface area contributed by atoms with Gasteiger partial charge in [0.1, 0.15) is 6.10 Å². The molecule has 0 rings (SSSR count). The lowest BCUT2D eigenvalue weighted by molar-refractivity contribution is -0.267. The number of carboxylic acids is 1. The van der Waals surface area contributed by atoms with Crippen molar-refractivity contribution in [1.29, 1.82) is 0 Å². The maximum absolute atomic E-state index is 10.3. The van der Waals surface area contributed by atoms with Gasteiger partial charge in [-0.05, 0) is 25.7 Å². The minimum atomic E-state index is -0.688. The molecule has 0 radical (unpaired) electrons. The van der Waals surface area contributed by atoms with Gasteiger partial charge in [-0.2, -0.15) is 0 Å². The molecule has 0 aromatic heterocycles. The predicted octanol–water partition coefficient (Wildman–Crippen LogP) is 5.58. The van der Waals surface area contributed by atoms with E-state index in [0.717, 1.165) is 38.5 Å². The second-order valence-electron chi connectivity index (χ2n) is 5.98. The van der Waals surface area contributed by atoms with E-state index in [1.165, 1.54) is 38.5 Å². The van der Waals surface area contributed by atoms with Crippen LogP contribution < -0.4 is 0 Å². The lowest BCUT2D eigenvalue weighted by atomic mass is 10.1. The summed E-state index contributed by atoms with van der Waals surface area (Å²) in [6.45, 7) is 2.16. The summed E-state index contributed by atoms with van der Waals surface area (Å²) in [6.07, 6.45) is 17.4. The smallest absolute Gasteiger partial charge is 0.303 e. The van der Waals surface area contributed by atoms with Gasteiger partial charge in [0, 0.05) is 6.42 Å². The van der Waals surface area contributed by atoms with Crippen molar-refractivity contribution < 1.29 is 20.0 Å². The monoisotopic (exact) mass is 314 g/mol.